The number of tetrazole rings is 1. The third-order valence-electron chi connectivity index (χ3n) is 7.79. The minimum Gasteiger partial charge on any atom is -0.205 e. The molecule has 0 aliphatic heterocycles. The van der Waals surface area contributed by atoms with Crippen LogP contribution in [0.25, 0.3) is 22.5 Å². The van der Waals surface area contributed by atoms with Crippen molar-refractivity contribution in [2.24, 2.45) is 0 Å². The average Bonchev–Trinajstić information content (AvgIpc) is 3.52. The highest BCUT2D eigenvalue weighted by Gasteiger charge is 2.42. The molecule has 0 N–H and O–H groups in total. The molecule has 6 aromatic rings. The molecule has 201 valence electrons. The maximum Gasteiger partial charge on any atom is 0.184 e. The number of benzene rings is 5. The molecular weight excluding hydrogens is 500 g/mol. The van der Waals surface area contributed by atoms with Gasteiger partial charge in [0.15, 0.2) is 5.82 Å². The van der Waals surface area contributed by atoms with Gasteiger partial charge >= 0.3 is 0 Å². The number of rotatable bonds is 9. The smallest absolute Gasteiger partial charge is 0.184 e. The quantitative estimate of drug-likeness (QED) is 0.175. The lowest BCUT2D eigenvalue weighted by Crippen LogP contribution is -2.39. The van der Waals surface area contributed by atoms with Gasteiger partial charge in [0.25, 0.3) is 0 Å². The van der Waals surface area contributed by atoms with Crippen molar-refractivity contribution in [3.05, 3.63) is 168 Å². The van der Waals surface area contributed by atoms with Crippen molar-refractivity contribution in [2.45, 2.75) is 31.7 Å². The highest BCUT2D eigenvalue weighted by molar-refractivity contribution is 5.83. The summed E-state index contributed by atoms with van der Waals surface area (Å²) in [5, 5.41) is 13.8. The third kappa shape index (κ3) is 4.87. The van der Waals surface area contributed by atoms with Gasteiger partial charge < -0.3 is 0 Å². The van der Waals surface area contributed by atoms with E-state index >= 15 is 0 Å². The Morgan fingerprint density at radius 2 is 1.17 bits per heavy atom. The lowest BCUT2D eigenvalue weighted by atomic mass is 9.77. The molecule has 0 aliphatic rings. The maximum atomic E-state index is 4.76. The topological polar surface area (TPSA) is 43.6 Å². The van der Waals surface area contributed by atoms with Crippen LogP contribution in [0.5, 0.6) is 0 Å². The molecule has 41 heavy (non-hydrogen) atoms. The molecule has 1 aromatic heterocycles. The van der Waals surface area contributed by atoms with E-state index in [1.807, 2.05) is 22.9 Å². The van der Waals surface area contributed by atoms with E-state index in [2.05, 4.69) is 134 Å². The van der Waals surface area contributed by atoms with Gasteiger partial charge in [-0.2, -0.15) is 0 Å². The zero-order valence-corrected chi connectivity index (χ0v) is 23.3. The van der Waals surface area contributed by atoms with Gasteiger partial charge in [-0.15, -0.1) is 5.10 Å². The molecule has 5 aromatic carbocycles. The molecule has 4 heteroatoms. The Kier molecular flexibility index (Phi) is 7.55. The van der Waals surface area contributed by atoms with Crippen molar-refractivity contribution in [1.82, 2.24) is 20.2 Å². The minimum atomic E-state index is -0.808. The number of unbranched alkanes of at least 4 members (excludes halogenated alkanes) is 1. The first-order valence-corrected chi connectivity index (χ1v) is 14.2. The van der Waals surface area contributed by atoms with Crippen LogP contribution >= 0.6 is 0 Å². The molecular formula is C37H33N4. The van der Waals surface area contributed by atoms with Crippen molar-refractivity contribution in [1.29, 1.82) is 0 Å². The predicted octanol–water partition coefficient (Wildman–Crippen LogP) is 8.37. The average molecular weight is 534 g/mol. The Morgan fingerprint density at radius 1 is 0.634 bits per heavy atom. The lowest BCUT2D eigenvalue weighted by Gasteiger charge is -2.36. The fourth-order valence-corrected chi connectivity index (χ4v) is 5.88. The molecule has 1 heterocycles. The number of nitrogens with zero attached hydrogens (tertiary/aromatic N) is 4. The number of hydrogen-bond acceptors (Lipinski definition) is 3. The Hall–Kier alpha value is -4.83. The summed E-state index contributed by atoms with van der Waals surface area (Å²) in [4.78, 5) is 0. The number of aromatic nitrogens is 4. The molecule has 0 amide bonds. The third-order valence-corrected chi connectivity index (χ3v) is 7.79. The normalized spacial score (nSPS) is 11.5. The zero-order valence-electron chi connectivity index (χ0n) is 23.3. The van der Waals surface area contributed by atoms with E-state index in [1.165, 1.54) is 11.1 Å². The van der Waals surface area contributed by atoms with E-state index in [-0.39, 0.29) is 0 Å². The highest BCUT2D eigenvalue weighted by atomic mass is 15.6. The Balaban J connectivity index is 1.65. The van der Waals surface area contributed by atoms with Crippen LogP contribution < -0.4 is 0 Å². The molecule has 0 fully saturated rings. The molecule has 0 aliphatic carbocycles. The minimum absolute atomic E-state index is 0.706. The molecule has 6 rings (SSSR count). The van der Waals surface area contributed by atoms with E-state index in [0.717, 1.165) is 52.6 Å². The largest absolute Gasteiger partial charge is 0.205 e. The lowest BCUT2D eigenvalue weighted by molar-refractivity contribution is 0.451. The van der Waals surface area contributed by atoms with Crippen LogP contribution in [0.4, 0.5) is 0 Å². The second-order valence-corrected chi connectivity index (χ2v) is 10.4. The van der Waals surface area contributed by atoms with E-state index in [1.54, 1.807) is 0 Å². The predicted molar refractivity (Wildman–Crippen MR) is 166 cm³/mol. The van der Waals surface area contributed by atoms with Crippen LogP contribution in [-0.4, -0.2) is 20.2 Å². The summed E-state index contributed by atoms with van der Waals surface area (Å²) in [6.07, 6.45) is 3.25. The van der Waals surface area contributed by atoms with Crippen LogP contribution in [0.1, 0.15) is 47.6 Å². The Bertz CT molecular complexity index is 1630. The van der Waals surface area contributed by atoms with Gasteiger partial charge in [-0.25, -0.2) is 4.68 Å². The number of aryl methyl sites for hydroxylation is 1. The van der Waals surface area contributed by atoms with E-state index in [4.69, 9.17) is 10.3 Å². The standard InChI is InChI=1S/C37H33N4/c1-3-4-16-29-27-28(2)25-26-33(29)34-23-14-15-24-35(34)36-38-39-40-41(36)37(30-17-8-5-9-18-30,31-19-10-6-11-20-31)32-21-12-7-13-22-32/h5-15,17-27H,2-4,16H2,1H3. The van der Waals surface area contributed by atoms with E-state index in [9.17, 15) is 0 Å². The monoisotopic (exact) mass is 533 g/mol. The fraction of sp³-hybridized carbons (Fsp3) is 0.135. The van der Waals surface area contributed by atoms with Crippen LogP contribution in [0.2, 0.25) is 0 Å². The molecule has 4 nitrogen and oxygen atoms in total. The van der Waals surface area contributed by atoms with Crippen molar-refractivity contribution < 1.29 is 0 Å². The summed E-state index contributed by atoms with van der Waals surface area (Å²) in [5.41, 5.74) is 8.04. The van der Waals surface area contributed by atoms with Gasteiger partial charge in [-0.3, -0.25) is 0 Å². The van der Waals surface area contributed by atoms with Gasteiger partial charge in [-0.1, -0.05) is 147 Å². The Labute approximate surface area is 242 Å². The first-order valence-electron chi connectivity index (χ1n) is 14.2. The summed E-state index contributed by atoms with van der Waals surface area (Å²) >= 11 is 0. The summed E-state index contributed by atoms with van der Waals surface area (Å²) in [6, 6.07) is 46.5. The van der Waals surface area contributed by atoms with Crippen LogP contribution in [0.15, 0.2) is 133 Å². The first-order chi connectivity index (χ1) is 20.2. The van der Waals surface area contributed by atoms with Crippen molar-refractivity contribution in [3.63, 3.8) is 0 Å². The van der Waals surface area contributed by atoms with Gasteiger partial charge in [0.1, 0.15) is 5.54 Å². The van der Waals surface area contributed by atoms with Crippen molar-refractivity contribution >= 4 is 0 Å². The number of hydrogen-bond donors (Lipinski definition) is 0. The zero-order chi connectivity index (χ0) is 28.1. The SMILES string of the molecule is [CH2]c1ccc(-c2ccccc2-c2nnnn2C(c2ccccc2)(c2ccccc2)c2ccccc2)c(CCCC)c1. The molecule has 0 unspecified atom stereocenters. The summed E-state index contributed by atoms with van der Waals surface area (Å²) in [7, 11) is 0. The molecule has 1 radical (unpaired) electrons. The van der Waals surface area contributed by atoms with Crippen LogP contribution in [0, 0.1) is 6.92 Å². The van der Waals surface area contributed by atoms with Crippen LogP contribution in [-0.2, 0) is 12.0 Å². The molecule has 0 bridgehead atoms. The highest BCUT2D eigenvalue weighted by Crippen LogP contribution is 2.43. The van der Waals surface area contributed by atoms with Gasteiger partial charge in [-0.05, 0) is 69.1 Å². The molecule has 0 spiro atoms. The second-order valence-electron chi connectivity index (χ2n) is 10.4. The maximum absolute atomic E-state index is 4.76. The second kappa shape index (κ2) is 11.7. The van der Waals surface area contributed by atoms with E-state index in [0.29, 0.717) is 5.82 Å². The van der Waals surface area contributed by atoms with Crippen molar-refractivity contribution in [2.75, 3.05) is 0 Å². The summed E-state index contributed by atoms with van der Waals surface area (Å²) < 4.78 is 2.01. The first kappa shape index (κ1) is 26.4. The summed E-state index contributed by atoms with van der Waals surface area (Å²) in [6.45, 7) is 6.44. The molecule has 0 atom stereocenters. The van der Waals surface area contributed by atoms with Gasteiger partial charge in [0.2, 0.25) is 0 Å². The van der Waals surface area contributed by atoms with Crippen LogP contribution in [0.3, 0.4) is 0 Å². The fourth-order valence-electron chi connectivity index (χ4n) is 5.88. The van der Waals surface area contributed by atoms with Gasteiger partial charge in [0, 0.05) is 5.56 Å². The molecule has 0 saturated carbocycles. The summed E-state index contributed by atoms with van der Waals surface area (Å²) in [5.74, 6) is 0.706. The molecule has 0 saturated heterocycles. The van der Waals surface area contributed by atoms with Gasteiger partial charge in [0.05, 0.1) is 0 Å². The van der Waals surface area contributed by atoms with E-state index < -0.39 is 5.54 Å². The van der Waals surface area contributed by atoms with Crippen molar-refractivity contribution in [3.8, 4) is 22.5 Å². The Morgan fingerprint density at radius 3 is 1.73 bits per heavy atom.